The standard InChI is InChI=1S/C25H20O5/c1-25(2)29-23-16-22(27-3)18(15-21(23)24(26)30-25)12-9-17-10-13-20(14-11-17)28-19-7-5-4-6-8-19/h4-8,10-11,13-16H,1-3H3. The molecule has 1 aliphatic heterocycles. The predicted octanol–water partition coefficient (Wildman–Crippen LogP) is 5.17. The van der Waals surface area contributed by atoms with Crippen LogP contribution in [-0.4, -0.2) is 18.9 Å². The zero-order valence-electron chi connectivity index (χ0n) is 16.9. The molecule has 0 bridgehead atoms. The molecule has 0 N–H and O–H groups in total. The summed E-state index contributed by atoms with van der Waals surface area (Å²) in [6, 6.07) is 20.3. The van der Waals surface area contributed by atoms with Crippen molar-refractivity contribution in [1.82, 2.24) is 0 Å². The van der Waals surface area contributed by atoms with Crippen LogP contribution in [0.2, 0.25) is 0 Å². The third-order valence-corrected chi connectivity index (χ3v) is 4.39. The molecule has 0 fully saturated rings. The highest BCUT2D eigenvalue weighted by atomic mass is 16.7. The van der Waals surface area contributed by atoms with Gasteiger partial charge in [0.15, 0.2) is 0 Å². The van der Waals surface area contributed by atoms with Crippen molar-refractivity contribution in [3.8, 4) is 34.8 Å². The van der Waals surface area contributed by atoms with Crippen molar-refractivity contribution in [1.29, 1.82) is 0 Å². The summed E-state index contributed by atoms with van der Waals surface area (Å²) in [5, 5.41) is 0. The first-order chi connectivity index (χ1) is 14.4. The summed E-state index contributed by atoms with van der Waals surface area (Å²) in [5.41, 5.74) is 1.70. The summed E-state index contributed by atoms with van der Waals surface area (Å²) in [7, 11) is 1.55. The maximum Gasteiger partial charge on any atom is 0.345 e. The third kappa shape index (κ3) is 4.23. The molecule has 5 nitrogen and oxygen atoms in total. The van der Waals surface area contributed by atoms with E-state index < -0.39 is 11.8 Å². The summed E-state index contributed by atoms with van der Waals surface area (Å²) in [6.45, 7) is 3.36. The predicted molar refractivity (Wildman–Crippen MR) is 112 cm³/mol. The molecule has 0 saturated carbocycles. The lowest BCUT2D eigenvalue weighted by Crippen LogP contribution is -2.38. The van der Waals surface area contributed by atoms with E-state index in [1.807, 2.05) is 54.6 Å². The minimum absolute atomic E-state index is 0.325. The van der Waals surface area contributed by atoms with Crippen LogP contribution < -0.4 is 14.2 Å². The van der Waals surface area contributed by atoms with Crippen LogP contribution in [0.1, 0.15) is 35.3 Å². The fourth-order valence-electron chi connectivity index (χ4n) is 3.01. The van der Waals surface area contributed by atoms with E-state index in [4.69, 9.17) is 18.9 Å². The number of esters is 1. The summed E-state index contributed by atoms with van der Waals surface area (Å²) < 4.78 is 22.2. The van der Waals surface area contributed by atoms with E-state index in [0.717, 1.165) is 17.1 Å². The largest absolute Gasteiger partial charge is 0.495 e. The van der Waals surface area contributed by atoms with Gasteiger partial charge in [-0.05, 0) is 42.5 Å². The van der Waals surface area contributed by atoms with Crippen LogP contribution in [0.4, 0.5) is 0 Å². The average Bonchev–Trinajstić information content (AvgIpc) is 2.73. The number of para-hydroxylation sites is 1. The smallest absolute Gasteiger partial charge is 0.345 e. The van der Waals surface area contributed by atoms with Gasteiger partial charge in [0.05, 0.1) is 12.7 Å². The zero-order chi connectivity index (χ0) is 21.1. The van der Waals surface area contributed by atoms with Gasteiger partial charge in [-0.25, -0.2) is 4.79 Å². The Labute approximate surface area is 175 Å². The second-order valence-electron chi connectivity index (χ2n) is 7.13. The van der Waals surface area contributed by atoms with Gasteiger partial charge in [0.2, 0.25) is 5.79 Å². The van der Waals surface area contributed by atoms with Crippen LogP contribution in [0, 0.1) is 11.8 Å². The van der Waals surface area contributed by atoms with Crippen molar-refractivity contribution in [3.63, 3.8) is 0 Å². The molecular formula is C25H20O5. The van der Waals surface area contributed by atoms with Gasteiger partial charge in [-0.15, -0.1) is 0 Å². The number of hydrogen-bond donors (Lipinski definition) is 0. The molecule has 0 saturated heterocycles. The molecule has 3 aromatic carbocycles. The summed E-state index contributed by atoms with van der Waals surface area (Å²) in [6.07, 6.45) is 0. The minimum atomic E-state index is -1.02. The molecule has 5 heteroatoms. The van der Waals surface area contributed by atoms with Crippen LogP contribution in [0.5, 0.6) is 23.0 Å². The maximum atomic E-state index is 12.3. The van der Waals surface area contributed by atoms with E-state index in [2.05, 4.69) is 11.8 Å². The molecule has 4 rings (SSSR count). The molecule has 0 atom stereocenters. The molecule has 30 heavy (non-hydrogen) atoms. The first-order valence-electron chi connectivity index (χ1n) is 9.43. The molecule has 0 aliphatic carbocycles. The fraction of sp³-hybridized carbons (Fsp3) is 0.160. The Kier molecular flexibility index (Phi) is 5.07. The van der Waals surface area contributed by atoms with Gasteiger partial charge in [-0.1, -0.05) is 30.0 Å². The highest BCUT2D eigenvalue weighted by Crippen LogP contribution is 2.36. The minimum Gasteiger partial charge on any atom is -0.495 e. The molecule has 0 unspecified atom stereocenters. The van der Waals surface area contributed by atoms with Crippen LogP contribution in [0.25, 0.3) is 0 Å². The van der Waals surface area contributed by atoms with E-state index >= 15 is 0 Å². The average molecular weight is 400 g/mol. The highest BCUT2D eigenvalue weighted by molar-refractivity contribution is 5.94. The van der Waals surface area contributed by atoms with Crippen LogP contribution in [0.3, 0.4) is 0 Å². The number of methoxy groups -OCH3 is 1. The number of rotatable bonds is 3. The van der Waals surface area contributed by atoms with Crippen molar-refractivity contribution in [2.24, 2.45) is 0 Å². The van der Waals surface area contributed by atoms with Crippen molar-refractivity contribution < 1.29 is 23.7 Å². The quantitative estimate of drug-likeness (QED) is 0.448. The molecular weight excluding hydrogens is 380 g/mol. The number of fused-ring (bicyclic) bond motifs is 1. The molecule has 3 aromatic rings. The van der Waals surface area contributed by atoms with E-state index in [1.54, 1.807) is 33.1 Å². The molecule has 0 spiro atoms. The van der Waals surface area contributed by atoms with Crippen molar-refractivity contribution in [2.75, 3.05) is 7.11 Å². The normalized spacial score (nSPS) is 13.8. The number of carbonyl (C=O) groups is 1. The first kappa shape index (κ1) is 19.4. The van der Waals surface area contributed by atoms with Crippen molar-refractivity contribution in [3.05, 3.63) is 83.4 Å². The maximum absolute atomic E-state index is 12.3. The number of hydrogen-bond acceptors (Lipinski definition) is 5. The topological polar surface area (TPSA) is 54.0 Å². The Morgan fingerprint density at radius 2 is 1.57 bits per heavy atom. The van der Waals surface area contributed by atoms with Gasteiger partial charge in [0, 0.05) is 25.5 Å². The summed E-state index contributed by atoms with van der Waals surface area (Å²) >= 11 is 0. The number of benzene rings is 3. The molecule has 1 aliphatic rings. The Morgan fingerprint density at radius 1 is 0.867 bits per heavy atom. The van der Waals surface area contributed by atoms with Gasteiger partial charge in [-0.3, -0.25) is 0 Å². The van der Waals surface area contributed by atoms with E-state index in [0.29, 0.717) is 22.6 Å². The Bertz CT molecular complexity index is 1140. The number of cyclic esters (lactones) is 1. The van der Waals surface area contributed by atoms with Gasteiger partial charge in [-0.2, -0.15) is 0 Å². The van der Waals surface area contributed by atoms with E-state index in [-0.39, 0.29) is 0 Å². The zero-order valence-corrected chi connectivity index (χ0v) is 16.9. The van der Waals surface area contributed by atoms with Crippen LogP contribution in [-0.2, 0) is 4.74 Å². The molecule has 0 amide bonds. The van der Waals surface area contributed by atoms with E-state index in [9.17, 15) is 4.79 Å². The Balaban J connectivity index is 1.58. The van der Waals surface area contributed by atoms with Gasteiger partial charge < -0.3 is 18.9 Å². The lowest BCUT2D eigenvalue weighted by Gasteiger charge is -2.31. The van der Waals surface area contributed by atoms with Crippen LogP contribution >= 0.6 is 0 Å². The second-order valence-corrected chi connectivity index (χ2v) is 7.13. The molecule has 150 valence electrons. The highest BCUT2D eigenvalue weighted by Gasteiger charge is 2.34. The van der Waals surface area contributed by atoms with Gasteiger partial charge in [0.25, 0.3) is 0 Å². The first-order valence-corrected chi connectivity index (χ1v) is 9.43. The summed E-state index contributed by atoms with van der Waals surface area (Å²) in [5.74, 6) is 7.11. The van der Waals surface area contributed by atoms with Gasteiger partial charge in [0.1, 0.15) is 28.6 Å². The lowest BCUT2D eigenvalue weighted by atomic mass is 10.1. The summed E-state index contributed by atoms with van der Waals surface area (Å²) in [4.78, 5) is 12.3. The number of ether oxygens (including phenoxy) is 4. The Morgan fingerprint density at radius 3 is 2.27 bits per heavy atom. The van der Waals surface area contributed by atoms with Gasteiger partial charge >= 0.3 is 5.97 Å². The fourth-order valence-corrected chi connectivity index (χ4v) is 3.01. The van der Waals surface area contributed by atoms with Crippen molar-refractivity contribution >= 4 is 5.97 Å². The molecule has 0 radical (unpaired) electrons. The molecule has 0 aromatic heterocycles. The second kappa shape index (κ2) is 7.84. The monoisotopic (exact) mass is 400 g/mol. The van der Waals surface area contributed by atoms with Crippen molar-refractivity contribution in [2.45, 2.75) is 19.6 Å². The van der Waals surface area contributed by atoms with E-state index in [1.165, 1.54) is 0 Å². The number of carbonyl (C=O) groups excluding carboxylic acids is 1. The van der Waals surface area contributed by atoms with Crippen LogP contribution in [0.15, 0.2) is 66.7 Å². The Hall–Kier alpha value is -3.91. The lowest BCUT2D eigenvalue weighted by molar-refractivity contribution is -0.127. The SMILES string of the molecule is COc1cc2c(cc1C#Cc1ccc(Oc3ccccc3)cc1)C(=O)OC(C)(C)O2. The molecule has 1 heterocycles. The third-order valence-electron chi connectivity index (χ3n) is 4.39.